The first kappa shape index (κ1) is 10.7. The summed E-state index contributed by atoms with van der Waals surface area (Å²) in [6.45, 7) is 0. The van der Waals surface area contributed by atoms with Crippen LogP contribution in [-0.2, 0) is 9.53 Å². The molecule has 2 nitrogen and oxygen atoms in total. The first-order valence-corrected chi connectivity index (χ1v) is 5.30. The van der Waals surface area contributed by atoms with Crippen molar-refractivity contribution in [2.24, 2.45) is 0 Å². The van der Waals surface area contributed by atoms with E-state index in [1.165, 1.54) is 30.6 Å². The van der Waals surface area contributed by atoms with Gasteiger partial charge in [0.05, 0.1) is 12.0 Å². The Morgan fingerprint density at radius 3 is 3.00 bits per heavy atom. The van der Waals surface area contributed by atoms with E-state index < -0.39 is 5.97 Å². The lowest BCUT2D eigenvalue weighted by Crippen LogP contribution is -1.93. The van der Waals surface area contributed by atoms with Crippen molar-refractivity contribution in [1.29, 1.82) is 0 Å². The lowest BCUT2D eigenvalue weighted by molar-refractivity contribution is -0.133. The van der Waals surface area contributed by atoms with Gasteiger partial charge in [-0.05, 0) is 29.5 Å². The molecule has 0 aliphatic rings. The Labute approximate surface area is 95.7 Å². The van der Waals surface area contributed by atoms with Crippen molar-refractivity contribution in [2.45, 2.75) is 0 Å². The number of hydrogen-bond acceptors (Lipinski definition) is 3. The molecule has 2 aromatic rings. The van der Waals surface area contributed by atoms with Crippen molar-refractivity contribution in [3.8, 4) is 11.8 Å². The van der Waals surface area contributed by atoms with Crippen LogP contribution in [0.15, 0.2) is 24.3 Å². The molecule has 1 aromatic carbocycles. The standard InChI is InChI=1S/C12H7FO2S/c1-15-12(14)5-4-10-6-8-2-3-9(13)7-11(8)16-10/h2-3,6-7H,1H3. The molecule has 1 heterocycles. The summed E-state index contributed by atoms with van der Waals surface area (Å²) in [5.74, 6) is 4.15. The van der Waals surface area contributed by atoms with Gasteiger partial charge in [-0.25, -0.2) is 9.18 Å². The minimum absolute atomic E-state index is 0.276. The first-order chi connectivity index (χ1) is 7.69. The molecule has 80 valence electrons. The summed E-state index contributed by atoms with van der Waals surface area (Å²) in [5, 5.41) is 0.917. The molecule has 0 spiro atoms. The summed E-state index contributed by atoms with van der Waals surface area (Å²) < 4.78 is 18.1. The summed E-state index contributed by atoms with van der Waals surface area (Å²) in [6, 6.07) is 6.34. The fourth-order valence-electron chi connectivity index (χ4n) is 1.23. The van der Waals surface area contributed by atoms with Crippen LogP contribution in [0, 0.1) is 17.7 Å². The normalized spacial score (nSPS) is 9.62. The van der Waals surface area contributed by atoms with Crippen molar-refractivity contribution in [3.05, 3.63) is 35.0 Å². The molecule has 0 saturated heterocycles. The number of hydrogen-bond donors (Lipinski definition) is 0. The van der Waals surface area contributed by atoms with Crippen LogP contribution in [0.1, 0.15) is 4.88 Å². The van der Waals surface area contributed by atoms with E-state index in [1.807, 2.05) is 6.07 Å². The lowest BCUT2D eigenvalue weighted by Gasteiger charge is -1.86. The molecule has 0 aliphatic carbocycles. The highest BCUT2D eigenvalue weighted by Gasteiger charge is 2.01. The van der Waals surface area contributed by atoms with E-state index in [4.69, 9.17) is 0 Å². The Hall–Kier alpha value is -1.86. The van der Waals surface area contributed by atoms with Crippen LogP contribution in [0.4, 0.5) is 4.39 Å². The Kier molecular flexibility index (Phi) is 2.88. The highest BCUT2D eigenvalue weighted by atomic mass is 32.1. The molecule has 0 N–H and O–H groups in total. The molecular formula is C12H7FO2S. The minimum Gasteiger partial charge on any atom is -0.459 e. The molecule has 0 aliphatic heterocycles. The molecule has 0 saturated carbocycles. The molecule has 2 rings (SSSR count). The van der Waals surface area contributed by atoms with Crippen molar-refractivity contribution in [3.63, 3.8) is 0 Å². The predicted molar refractivity (Wildman–Crippen MR) is 60.7 cm³/mol. The number of methoxy groups -OCH3 is 1. The van der Waals surface area contributed by atoms with E-state index in [1.54, 1.807) is 6.07 Å². The Balaban J connectivity index is 2.39. The highest BCUT2D eigenvalue weighted by molar-refractivity contribution is 7.19. The Morgan fingerprint density at radius 1 is 1.44 bits per heavy atom. The second-order valence-corrected chi connectivity index (χ2v) is 4.12. The number of ether oxygens (including phenoxy) is 1. The van der Waals surface area contributed by atoms with Crippen LogP contribution in [0.5, 0.6) is 0 Å². The zero-order valence-electron chi connectivity index (χ0n) is 8.41. The zero-order chi connectivity index (χ0) is 11.5. The third-order valence-corrected chi connectivity index (χ3v) is 2.97. The van der Waals surface area contributed by atoms with Crippen LogP contribution in [0.2, 0.25) is 0 Å². The molecule has 4 heteroatoms. The first-order valence-electron chi connectivity index (χ1n) is 4.48. The monoisotopic (exact) mass is 234 g/mol. The largest absolute Gasteiger partial charge is 0.459 e. The quantitative estimate of drug-likeness (QED) is 0.517. The summed E-state index contributed by atoms with van der Waals surface area (Å²) in [5.41, 5.74) is 0. The SMILES string of the molecule is COC(=O)C#Cc1cc2ccc(F)cc2s1. The van der Waals surface area contributed by atoms with Gasteiger partial charge >= 0.3 is 5.97 Å². The number of carbonyl (C=O) groups excluding carboxylic acids is 1. The molecule has 1 aromatic heterocycles. The number of carbonyl (C=O) groups is 1. The lowest BCUT2D eigenvalue weighted by atomic mass is 10.2. The smallest absolute Gasteiger partial charge is 0.384 e. The Bertz CT molecular complexity index is 604. The molecule has 0 atom stereocenters. The van der Waals surface area contributed by atoms with E-state index in [2.05, 4.69) is 16.6 Å². The highest BCUT2D eigenvalue weighted by Crippen LogP contribution is 2.25. The maximum atomic E-state index is 12.9. The van der Waals surface area contributed by atoms with Gasteiger partial charge in [0.15, 0.2) is 0 Å². The van der Waals surface area contributed by atoms with Gasteiger partial charge in [0.2, 0.25) is 0 Å². The number of thiophene rings is 1. The van der Waals surface area contributed by atoms with Crippen LogP contribution in [0.25, 0.3) is 10.1 Å². The number of rotatable bonds is 0. The fraction of sp³-hybridized carbons (Fsp3) is 0.0833. The number of fused-ring (bicyclic) bond motifs is 1. The fourth-order valence-corrected chi connectivity index (χ4v) is 2.17. The van der Waals surface area contributed by atoms with Crippen LogP contribution in [-0.4, -0.2) is 13.1 Å². The molecule has 0 radical (unpaired) electrons. The van der Waals surface area contributed by atoms with Gasteiger partial charge in [0, 0.05) is 10.6 Å². The average Bonchev–Trinajstić information content (AvgIpc) is 2.67. The van der Waals surface area contributed by atoms with E-state index in [-0.39, 0.29) is 5.82 Å². The van der Waals surface area contributed by atoms with Crippen LogP contribution in [0.3, 0.4) is 0 Å². The van der Waals surface area contributed by atoms with Crippen molar-refractivity contribution < 1.29 is 13.9 Å². The number of halogens is 1. The van der Waals surface area contributed by atoms with Gasteiger partial charge in [-0.1, -0.05) is 6.07 Å². The number of esters is 1. The third-order valence-electron chi connectivity index (χ3n) is 1.96. The zero-order valence-corrected chi connectivity index (χ0v) is 9.23. The molecule has 0 unspecified atom stereocenters. The molecule has 16 heavy (non-hydrogen) atoms. The van der Waals surface area contributed by atoms with Gasteiger partial charge in [0.25, 0.3) is 0 Å². The second kappa shape index (κ2) is 4.33. The third kappa shape index (κ3) is 2.20. The van der Waals surface area contributed by atoms with Crippen molar-refractivity contribution in [2.75, 3.05) is 7.11 Å². The van der Waals surface area contributed by atoms with E-state index >= 15 is 0 Å². The van der Waals surface area contributed by atoms with E-state index in [0.29, 0.717) is 4.88 Å². The summed E-state index contributed by atoms with van der Waals surface area (Å²) in [6.07, 6.45) is 0. The van der Waals surface area contributed by atoms with Gasteiger partial charge in [-0.3, -0.25) is 0 Å². The van der Waals surface area contributed by atoms with Crippen LogP contribution >= 0.6 is 11.3 Å². The van der Waals surface area contributed by atoms with E-state index in [9.17, 15) is 9.18 Å². The minimum atomic E-state index is -0.580. The van der Waals surface area contributed by atoms with Gasteiger partial charge < -0.3 is 4.74 Å². The Morgan fingerprint density at radius 2 is 2.25 bits per heavy atom. The van der Waals surface area contributed by atoms with Gasteiger partial charge in [-0.15, -0.1) is 11.3 Å². The molecule has 0 amide bonds. The summed E-state index contributed by atoms with van der Waals surface area (Å²) in [7, 11) is 1.28. The summed E-state index contributed by atoms with van der Waals surface area (Å²) in [4.78, 5) is 11.5. The van der Waals surface area contributed by atoms with E-state index in [0.717, 1.165) is 10.1 Å². The predicted octanol–water partition coefficient (Wildman–Crippen LogP) is 2.56. The maximum Gasteiger partial charge on any atom is 0.384 e. The van der Waals surface area contributed by atoms with Gasteiger partial charge in [0.1, 0.15) is 5.82 Å². The van der Waals surface area contributed by atoms with Gasteiger partial charge in [-0.2, -0.15) is 0 Å². The van der Waals surface area contributed by atoms with Crippen molar-refractivity contribution in [1.82, 2.24) is 0 Å². The topological polar surface area (TPSA) is 26.3 Å². The second-order valence-electron chi connectivity index (χ2n) is 3.03. The molecular weight excluding hydrogens is 227 g/mol. The number of benzene rings is 1. The average molecular weight is 234 g/mol. The van der Waals surface area contributed by atoms with Crippen molar-refractivity contribution >= 4 is 27.4 Å². The molecule has 0 fully saturated rings. The maximum absolute atomic E-state index is 12.9. The molecule has 0 bridgehead atoms. The summed E-state index contributed by atoms with van der Waals surface area (Å²) >= 11 is 1.34. The van der Waals surface area contributed by atoms with Crippen LogP contribution < -0.4 is 0 Å².